The summed E-state index contributed by atoms with van der Waals surface area (Å²) in [6.45, 7) is 4.85. The van der Waals surface area contributed by atoms with Crippen molar-refractivity contribution in [1.82, 2.24) is 14.9 Å². The molecule has 33 heavy (non-hydrogen) atoms. The minimum Gasteiger partial charge on any atom is -0.507 e. The van der Waals surface area contributed by atoms with Crippen molar-refractivity contribution >= 4 is 17.4 Å². The molecule has 1 saturated heterocycles. The summed E-state index contributed by atoms with van der Waals surface area (Å²) in [6.07, 6.45) is 4.88. The van der Waals surface area contributed by atoms with Gasteiger partial charge in [0.25, 0.3) is 11.7 Å². The Bertz CT molecular complexity index is 1160. The molecule has 2 aromatic heterocycles. The number of likely N-dealkylation sites (tertiary alicyclic amines) is 1. The Morgan fingerprint density at radius 3 is 2.48 bits per heavy atom. The highest BCUT2D eigenvalue weighted by Gasteiger charge is 2.46. The molecule has 0 radical (unpaired) electrons. The van der Waals surface area contributed by atoms with Crippen LogP contribution in [0.5, 0.6) is 5.75 Å². The Labute approximate surface area is 192 Å². The Hall–Kier alpha value is -4.00. The predicted molar refractivity (Wildman–Crippen MR) is 123 cm³/mol. The number of carbonyl (C=O) groups is 2. The van der Waals surface area contributed by atoms with Gasteiger partial charge in [-0.15, -0.1) is 0 Å². The van der Waals surface area contributed by atoms with E-state index in [1.807, 2.05) is 6.07 Å². The Morgan fingerprint density at radius 1 is 1.06 bits per heavy atom. The summed E-state index contributed by atoms with van der Waals surface area (Å²) in [5, 5.41) is 11.1. The van der Waals surface area contributed by atoms with Gasteiger partial charge in [0.2, 0.25) is 0 Å². The summed E-state index contributed by atoms with van der Waals surface area (Å²) in [4.78, 5) is 36.0. The fourth-order valence-corrected chi connectivity index (χ4v) is 3.70. The molecule has 168 valence electrons. The Morgan fingerprint density at radius 2 is 1.85 bits per heavy atom. The number of amides is 1. The van der Waals surface area contributed by atoms with Gasteiger partial charge in [-0.3, -0.25) is 19.6 Å². The standard InChI is InChI=1S/C26H25N3O4/c1-17(2)16-33-20-10-8-19(9-11-20)24(30)22-23(21-7-3-4-13-28-21)29(26(32)25(22)31)15-18-6-5-12-27-14-18/h3-14,17,23,30H,15-16H2,1-2H3/b24-22-. The van der Waals surface area contributed by atoms with Crippen LogP contribution in [0.4, 0.5) is 0 Å². The van der Waals surface area contributed by atoms with Gasteiger partial charge in [0.15, 0.2) is 0 Å². The van der Waals surface area contributed by atoms with Crippen molar-refractivity contribution in [2.75, 3.05) is 6.61 Å². The van der Waals surface area contributed by atoms with Gasteiger partial charge in [-0.25, -0.2) is 0 Å². The largest absolute Gasteiger partial charge is 0.507 e. The lowest BCUT2D eigenvalue weighted by Crippen LogP contribution is -2.29. The summed E-state index contributed by atoms with van der Waals surface area (Å²) >= 11 is 0. The third-order valence-corrected chi connectivity index (χ3v) is 5.29. The second-order valence-electron chi connectivity index (χ2n) is 8.27. The summed E-state index contributed by atoms with van der Waals surface area (Å²) in [7, 11) is 0. The van der Waals surface area contributed by atoms with Gasteiger partial charge >= 0.3 is 0 Å². The van der Waals surface area contributed by atoms with E-state index in [1.54, 1.807) is 67.1 Å². The van der Waals surface area contributed by atoms with E-state index in [2.05, 4.69) is 23.8 Å². The number of carbonyl (C=O) groups excluding carboxylic acids is 2. The van der Waals surface area contributed by atoms with Crippen LogP contribution in [-0.2, 0) is 16.1 Å². The van der Waals surface area contributed by atoms with Crippen LogP contribution in [0, 0.1) is 5.92 Å². The third kappa shape index (κ3) is 4.77. The molecule has 1 fully saturated rings. The molecule has 7 heteroatoms. The van der Waals surface area contributed by atoms with Crippen molar-refractivity contribution in [1.29, 1.82) is 0 Å². The topological polar surface area (TPSA) is 92.6 Å². The van der Waals surface area contributed by atoms with Crippen LogP contribution in [-0.4, -0.2) is 38.3 Å². The molecule has 1 aliphatic rings. The number of aliphatic hydroxyl groups excluding tert-OH is 1. The summed E-state index contributed by atoms with van der Waals surface area (Å²) < 4.78 is 5.70. The molecule has 1 atom stereocenters. The minimum absolute atomic E-state index is 0.0124. The molecule has 1 N–H and O–H groups in total. The van der Waals surface area contributed by atoms with E-state index < -0.39 is 17.7 Å². The first-order valence-corrected chi connectivity index (χ1v) is 10.8. The lowest BCUT2D eigenvalue weighted by molar-refractivity contribution is -0.140. The van der Waals surface area contributed by atoms with Crippen molar-refractivity contribution in [3.05, 3.63) is 95.6 Å². The number of Topliss-reactive ketones (excluding diaryl/α,β-unsaturated/α-hetero) is 1. The van der Waals surface area contributed by atoms with E-state index in [-0.39, 0.29) is 17.9 Å². The zero-order chi connectivity index (χ0) is 23.4. The third-order valence-electron chi connectivity index (χ3n) is 5.29. The lowest BCUT2D eigenvalue weighted by atomic mass is 9.98. The Balaban J connectivity index is 1.74. The Kier molecular flexibility index (Phi) is 6.49. The van der Waals surface area contributed by atoms with Crippen LogP contribution in [0.25, 0.3) is 5.76 Å². The van der Waals surface area contributed by atoms with Crippen LogP contribution in [0.15, 0.2) is 78.8 Å². The number of aliphatic hydroxyl groups is 1. The van der Waals surface area contributed by atoms with Gasteiger partial charge in [-0.1, -0.05) is 26.0 Å². The van der Waals surface area contributed by atoms with E-state index in [0.29, 0.717) is 29.5 Å². The molecular formula is C26H25N3O4. The van der Waals surface area contributed by atoms with Gasteiger partial charge < -0.3 is 14.7 Å². The zero-order valence-corrected chi connectivity index (χ0v) is 18.5. The van der Waals surface area contributed by atoms with E-state index in [1.165, 1.54) is 4.90 Å². The molecule has 1 aliphatic heterocycles. The van der Waals surface area contributed by atoms with E-state index in [0.717, 1.165) is 5.56 Å². The normalized spacial score (nSPS) is 17.5. The number of hydrogen-bond acceptors (Lipinski definition) is 6. The molecule has 0 saturated carbocycles. The van der Waals surface area contributed by atoms with E-state index >= 15 is 0 Å². The maximum absolute atomic E-state index is 13.1. The number of benzene rings is 1. The molecule has 1 unspecified atom stereocenters. The number of nitrogens with zero attached hydrogens (tertiary/aromatic N) is 3. The number of ether oxygens (including phenoxy) is 1. The fourth-order valence-electron chi connectivity index (χ4n) is 3.70. The SMILES string of the molecule is CC(C)COc1ccc(/C(O)=C2/C(=O)C(=O)N(Cc3cccnc3)C2c2ccccn2)cc1. The molecule has 0 bridgehead atoms. The summed E-state index contributed by atoms with van der Waals surface area (Å²) in [6, 6.07) is 14.9. The second-order valence-corrected chi connectivity index (χ2v) is 8.27. The van der Waals surface area contributed by atoms with Crippen molar-refractivity contribution in [3.8, 4) is 5.75 Å². The average Bonchev–Trinajstić information content (AvgIpc) is 3.09. The van der Waals surface area contributed by atoms with Crippen LogP contribution in [0.1, 0.15) is 36.7 Å². The lowest BCUT2D eigenvalue weighted by Gasteiger charge is -2.24. The quantitative estimate of drug-likeness (QED) is 0.335. The molecule has 7 nitrogen and oxygen atoms in total. The number of ketones is 1. The monoisotopic (exact) mass is 443 g/mol. The van der Waals surface area contributed by atoms with E-state index in [9.17, 15) is 14.7 Å². The molecule has 3 aromatic rings. The maximum atomic E-state index is 13.1. The van der Waals surface area contributed by atoms with Crippen molar-refractivity contribution < 1.29 is 19.4 Å². The average molecular weight is 444 g/mol. The van der Waals surface area contributed by atoms with Crippen molar-refractivity contribution in [3.63, 3.8) is 0 Å². The van der Waals surface area contributed by atoms with E-state index in [4.69, 9.17) is 4.74 Å². The van der Waals surface area contributed by atoms with Gasteiger partial charge in [-0.2, -0.15) is 0 Å². The highest BCUT2D eigenvalue weighted by Crippen LogP contribution is 2.39. The number of pyridine rings is 2. The highest BCUT2D eigenvalue weighted by molar-refractivity contribution is 6.46. The van der Waals surface area contributed by atoms with Gasteiger partial charge in [0.05, 0.1) is 17.9 Å². The first-order chi connectivity index (χ1) is 16.0. The van der Waals surface area contributed by atoms with Crippen LogP contribution in [0.3, 0.4) is 0 Å². The number of hydrogen-bond donors (Lipinski definition) is 1. The predicted octanol–water partition coefficient (Wildman–Crippen LogP) is 4.13. The van der Waals surface area contributed by atoms with Gasteiger partial charge in [-0.05, 0) is 53.9 Å². The molecule has 1 aromatic carbocycles. The first-order valence-electron chi connectivity index (χ1n) is 10.8. The molecule has 4 rings (SSSR count). The molecular weight excluding hydrogens is 418 g/mol. The number of rotatable bonds is 7. The summed E-state index contributed by atoms with van der Waals surface area (Å²) in [5.41, 5.74) is 1.71. The maximum Gasteiger partial charge on any atom is 0.296 e. The first kappa shape index (κ1) is 22.2. The molecule has 0 spiro atoms. The number of aromatic nitrogens is 2. The summed E-state index contributed by atoms with van der Waals surface area (Å²) in [5.74, 6) is -0.626. The zero-order valence-electron chi connectivity index (χ0n) is 18.5. The van der Waals surface area contributed by atoms with Crippen molar-refractivity contribution in [2.45, 2.75) is 26.4 Å². The van der Waals surface area contributed by atoms with Crippen LogP contribution >= 0.6 is 0 Å². The fraction of sp³-hybridized carbons (Fsp3) is 0.231. The van der Waals surface area contributed by atoms with Gasteiger partial charge in [0, 0.05) is 30.7 Å². The molecule has 0 aliphatic carbocycles. The van der Waals surface area contributed by atoms with Crippen LogP contribution < -0.4 is 4.74 Å². The molecule has 3 heterocycles. The van der Waals surface area contributed by atoms with Gasteiger partial charge in [0.1, 0.15) is 17.6 Å². The molecule has 1 amide bonds. The minimum atomic E-state index is -0.816. The van der Waals surface area contributed by atoms with Crippen molar-refractivity contribution in [2.24, 2.45) is 5.92 Å². The highest BCUT2D eigenvalue weighted by atomic mass is 16.5. The second kappa shape index (κ2) is 9.65. The van der Waals surface area contributed by atoms with Crippen LogP contribution in [0.2, 0.25) is 0 Å². The smallest absolute Gasteiger partial charge is 0.296 e.